The van der Waals surface area contributed by atoms with Crippen molar-refractivity contribution in [3.05, 3.63) is 60.2 Å². The summed E-state index contributed by atoms with van der Waals surface area (Å²) in [5.41, 5.74) is 1.03. The van der Waals surface area contributed by atoms with Gasteiger partial charge in [0.15, 0.2) is 9.84 Å². The Balaban J connectivity index is 1.81. The molecule has 124 valence electrons. The van der Waals surface area contributed by atoms with Crippen LogP contribution in [0.2, 0.25) is 0 Å². The molecule has 0 unspecified atom stereocenters. The molecule has 0 radical (unpaired) electrons. The summed E-state index contributed by atoms with van der Waals surface area (Å²) >= 11 is 0. The van der Waals surface area contributed by atoms with E-state index in [1.54, 1.807) is 37.4 Å². The van der Waals surface area contributed by atoms with Gasteiger partial charge in [-0.15, -0.1) is 0 Å². The minimum atomic E-state index is -3.26. The highest BCUT2D eigenvalue weighted by Gasteiger charge is 2.18. The van der Waals surface area contributed by atoms with Gasteiger partial charge >= 0.3 is 0 Å². The lowest BCUT2D eigenvalue weighted by Crippen LogP contribution is -2.18. The summed E-state index contributed by atoms with van der Waals surface area (Å²) in [7, 11) is -1.63. The molecular weight excluding hydrogens is 312 g/mol. The monoisotopic (exact) mass is 334 g/mol. The number of methoxy groups -OCH3 is 1. The maximum atomic E-state index is 12.3. The number of hydrogen-bond donors (Lipinski definition) is 0. The molecule has 0 aliphatic heterocycles. The smallest absolute Gasteiger partial charge is 0.178 e. The molecule has 0 amide bonds. The molecule has 5 heteroatoms. The minimum absolute atomic E-state index is 0.0709. The molecule has 23 heavy (non-hydrogen) atoms. The van der Waals surface area contributed by atoms with E-state index in [-0.39, 0.29) is 11.7 Å². The van der Waals surface area contributed by atoms with Gasteiger partial charge in [0.05, 0.1) is 31.0 Å². The zero-order valence-electron chi connectivity index (χ0n) is 13.4. The average Bonchev–Trinajstić information content (AvgIpc) is 2.56. The summed E-state index contributed by atoms with van der Waals surface area (Å²) in [6.07, 6.45) is 0. The van der Waals surface area contributed by atoms with Crippen molar-refractivity contribution in [2.75, 3.05) is 19.5 Å². The van der Waals surface area contributed by atoms with Crippen LogP contribution < -0.4 is 4.74 Å². The van der Waals surface area contributed by atoms with Crippen LogP contribution in [0.25, 0.3) is 0 Å². The number of rotatable bonds is 8. The molecule has 0 aliphatic rings. The van der Waals surface area contributed by atoms with Crippen LogP contribution in [-0.2, 0) is 21.2 Å². The summed E-state index contributed by atoms with van der Waals surface area (Å²) in [6, 6.07) is 16.1. The van der Waals surface area contributed by atoms with E-state index in [1.165, 1.54) is 0 Å². The van der Waals surface area contributed by atoms with Crippen LogP contribution in [0.5, 0.6) is 5.75 Å². The second kappa shape index (κ2) is 8.13. The van der Waals surface area contributed by atoms with E-state index < -0.39 is 9.84 Å². The molecule has 0 saturated carbocycles. The third-order valence-corrected chi connectivity index (χ3v) is 5.43. The van der Waals surface area contributed by atoms with Crippen LogP contribution in [0.1, 0.15) is 12.5 Å². The molecule has 0 bridgehead atoms. The number of sulfone groups is 1. The first kappa shape index (κ1) is 17.5. The van der Waals surface area contributed by atoms with Crippen molar-refractivity contribution in [2.45, 2.75) is 18.4 Å². The molecule has 2 aromatic carbocycles. The first-order valence-electron chi connectivity index (χ1n) is 7.50. The van der Waals surface area contributed by atoms with Gasteiger partial charge in [-0.3, -0.25) is 0 Å². The molecule has 0 N–H and O–H groups in total. The third-order valence-electron chi connectivity index (χ3n) is 3.44. The maximum Gasteiger partial charge on any atom is 0.178 e. The van der Waals surface area contributed by atoms with Gasteiger partial charge in [-0.05, 0) is 35.7 Å². The summed E-state index contributed by atoms with van der Waals surface area (Å²) in [5.74, 6) is 0.814. The first-order valence-corrected chi connectivity index (χ1v) is 9.15. The van der Waals surface area contributed by atoms with Crippen molar-refractivity contribution in [3.8, 4) is 5.75 Å². The SMILES string of the molecule is COc1ccc(COC[C@H](C)CS(=O)(=O)c2ccccc2)cc1. The summed E-state index contributed by atoms with van der Waals surface area (Å²) in [4.78, 5) is 0.363. The molecule has 0 heterocycles. The van der Waals surface area contributed by atoms with E-state index in [1.807, 2.05) is 31.2 Å². The lowest BCUT2D eigenvalue weighted by Gasteiger charge is -2.13. The van der Waals surface area contributed by atoms with Gasteiger partial charge in [0.25, 0.3) is 0 Å². The van der Waals surface area contributed by atoms with E-state index in [9.17, 15) is 8.42 Å². The van der Waals surface area contributed by atoms with Crippen molar-refractivity contribution in [3.63, 3.8) is 0 Å². The zero-order valence-corrected chi connectivity index (χ0v) is 14.3. The molecule has 4 nitrogen and oxygen atoms in total. The van der Waals surface area contributed by atoms with E-state index >= 15 is 0 Å². The Labute approximate surface area is 138 Å². The van der Waals surface area contributed by atoms with E-state index in [0.29, 0.717) is 18.1 Å². The molecular formula is C18H22O4S. The van der Waals surface area contributed by atoms with Crippen LogP contribution >= 0.6 is 0 Å². The molecule has 1 atom stereocenters. The van der Waals surface area contributed by atoms with Crippen LogP contribution in [0, 0.1) is 5.92 Å². The Hall–Kier alpha value is -1.85. The normalized spacial score (nSPS) is 12.8. The van der Waals surface area contributed by atoms with Crippen molar-refractivity contribution in [2.24, 2.45) is 5.92 Å². The Morgan fingerprint density at radius 2 is 1.65 bits per heavy atom. The predicted octanol–water partition coefficient (Wildman–Crippen LogP) is 3.32. The molecule has 2 rings (SSSR count). The molecule has 0 saturated heterocycles. The van der Waals surface area contributed by atoms with Gasteiger partial charge in [0, 0.05) is 0 Å². The highest BCUT2D eigenvalue weighted by atomic mass is 32.2. The number of benzene rings is 2. The van der Waals surface area contributed by atoms with Crippen LogP contribution in [-0.4, -0.2) is 27.9 Å². The van der Waals surface area contributed by atoms with Gasteiger partial charge in [-0.2, -0.15) is 0 Å². The Morgan fingerprint density at radius 3 is 2.26 bits per heavy atom. The van der Waals surface area contributed by atoms with Crippen LogP contribution in [0.4, 0.5) is 0 Å². The number of hydrogen-bond acceptors (Lipinski definition) is 4. The van der Waals surface area contributed by atoms with Crippen molar-refractivity contribution in [1.82, 2.24) is 0 Å². The van der Waals surface area contributed by atoms with Crippen LogP contribution in [0.15, 0.2) is 59.5 Å². The number of ether oxygens (including phenoxy) is 2. The molecule has 0 aliphatic carbocycles. The topological polar surface area (TPSA) is 52.6 Å². The fraction of sp³-hybridized carbons (Fsp3) is 0.333. The summed E-state index contributed by atoms with van der Waals surface area (Å²) in [6.45, 7) is 2.74. The predicted molar refractivity (Wildman–Crippen MR) is 90.3 cm³/mol. The van der Waals surface area contributed by atoms with Gasteiger partial charge in [0.2, 0.25) is 0 Å². The second-order valence-corrected chi connectivity index (χ2v) is 7.60. The lowest BCUT2D eigenvalue weighted by molar-refractivity contribution is 0.0977. The summed E-state index contributed by atoms with van der Waals surface area (Å²) < 4.78 is 35.3. The Kier molecular flexibility index (Phi) is 6.19. The van der Waals surface area contributed by atoms with Crippen LogP contribution in [0.3, 0.4) is 0 Å². The van der Waals surface area contributed by atoms with Gasteiger partial charge in [-0.25, -0.2) is 8.42 Å². The van der Waals surface area contributed by atoms with E-state index in [2.05, 4.69) is 0 Å². The highest BCUT2D eigenvalue weighted by molar-refractivity contribution is 7.91. The third kappa shape index (κ3) is 5.37. The summed E-state index contributed by atoms with van der Waals surface area (Å²) in [5, 5.41) is 0. The van der Waals surface area contributed by atoms with Gasteiger partial charge < -0.3 is 9.47 Å². The highest BCUT2D eigenvalue weighted by Crippen LogP contribution is 2.15. The fourth-order valence-corrected chi connectivity index (χ4v) is 3.86. The van der Waals surface area contributed by atoms with E-state index in [4.69, 9.17) is 9.47 Å². The standard InChI is InChI=1S/C18H22O4S/c1-15(14-23(19,20)18-6-4-3-5-7-18)12-22-13-16-8-10-17(21-2)11-9-16/h3-11,15H,12-14H2,1-2H3/t15-/m0/s1. The fourth-order valence-electron chi connectivity index (χ4n) is 2.25. The lowest BCUT2D eigenvalue weighted by atomic mass is 10.2. The van der Waals surface area contributed by atoms with Gasteiger partial charge in [-0.1, -0.05) is 37.3 Å². The quantitative estimate of drug-likeness (QED) is 0.743. The largest absolute Gasteiger partial charge is 0.497 e. The first-order chi connectivity index (χ1) is 11.0. The molecule has 0 aromatic heterocycles. The molecule has 0 spiro atoms. The molecule has 0 fully saturated rings. The Bertz CT molecular complexity index is 694. The van der Waals surface area contributed by atoms with Crippen molar-refractivity contribution in [1.29, 1.82) is 0 Å². The molecule has 2 aromatic rings. The van der Waals surface area contributed by atoms with Crippen molar-refractivity contribution < 1.29 is 17.9 Å². The van der Waals surface area contributed by atoms with E-state index in [0.717, 1.165) is 11.3 Å². The maximum absolute atomic E-state index is 12.3. The zero-order chi connectivity index (χ0) is 16.7. The minimum Gasteiger partial charge on any atom is -0.497 e. The second-order valence-electron chi connectivity index (χ2n) is 5.56. The average molecular weight is 334 g/mol. The Morgan fingerprint density at radius 1 is 1.00 bits per heavy atom. The van der Waals surface area contributed by atoms with Crippen molar-refractivity contribution >= 4 is 9.84 Å². The van der Waals surface area contributed by atoms with Gasteiger partial charge in [0.1, 0.15) is 5.75 Å².